The maximum atomic E-state index is 13.1. The molecule has 0 radical (unpaired) electrons. The van der Waals surface area contributed by atoms with E-state index < -0.39 is 10.8 Å². The maximum absolute atomic E-state index is 13.1. The molecule has 0 aliphatic carbocycles. The lowest BCUT2D eigenvalue weighted by Gasteiger charge is -2.34. The summed E-state index contributed by atoms with van der Waals surface area (Å²) >= 11 is 0. The first kappa shape index (κ1) is 20.6. The van der Waals surface area contributed by atoms with Crippen LogP contribution < -0.4 is 10.2 Å². The van der Waals surface area contributed by atoms with Crippen LogP contribution in [0.2, 0.25) is 0 Å². The number of fused-ring (bicyclic) bond motifs is 2. The van der Waals surface area contributed by atoms with Gasteiger partial charge in [0.1, 0.15) is 5.75 Å². The Hall–Kier alpha value is -2.63. The van der Waals surface area contributed by atoms with Gasteiger partial charge in [0, 0.05) is 13.1 Å². The van der Waals surface area contributed by atoms with Gasteiger partial charge in [-0.3, -0.25) is 0 Å². The lowest BCUT2D eigenvalue weighted by Crippen LogP contribution is -2.27. The molecule has 0 spiro atoms. The molecule has 1 unspecified atom stereocenters. The highest BCUT2D eigenvalue weighted by Gasteiger charge is 2.29. The van der Waals surface area contributed by atoms with Crippen molar-refractivity contribution >= 4 is 22.2 Å². The molecule has 3 aromatic rings. The lowest BCUT2D eigenvalue weighted by molar-refractivity contribution is 0.474. The minimum Gasteiger partial charge on any atom is -0.508 e. The Morgan fingerprint density at radius 1 is 0.967 bits per heavy atom. The Labute approximate surface area is 181 Å². The highest BCUT2D eigenvalue weighted by molar-refractivity contribution is 7.85. The summed E-state index contributed by atoms with van der Waals surface area (Å²) in [7, 11) is -1.14. The molecule has 30 heavy (non-hydrogen) atoms. The van der Waals surface area contributed by atoms with Crippen molar-refractivity contribution in [2.24, 2.45) is 0 Å². The van der Waals surface area contributed by atoms with Gasteiger partial charge in [0.15, 0.2) is 0 Å². The van der Waals surface area contributed by atoms with Crippen molar-refractivity contribution in [1.82, 2.24) is 5.32 Å². The molecule has 1 aliphatic rings. The van der Waals surface area contributed by atoms with Gasteiger partial charge < -0.3 is 15.3 Å². The summed E-state index contributed by atoms with van der Waals surface area (Å²) in [6.07, 6.45) is 2.07. The van der Waals surface area contributed by atoms with E-state index in [4.69, 9.17) is 0 Å². The third-order valence-corrected chi connectivity index (χ3v) is 7.19. The quantitative estimate of drug-likeness (QED) is 0.516. The molecular formula is C25H28N2O2S. The van der Waals surface area contributed by atoms with Gasteiger partial charge in [0.25, 0.3) is 0 Å². The van der Waals surface area contributed by atoms with Crippen LogP contribution in [0.4, 0.5) is 11.4 Å². The number of anilines is 2. The summed E-state index contributed by atoms with van der Waals surface area (Å²) in [6, 6.07) is 19.5. The molecule has 5 heteroatoms. The van der Waals surface area contributed by atoms with Crippen LogP contribution in [0.1, 0.15) is 29.5 Å². The molecule has 156 valence electrons. The summed E-state index contributed by atoms with van der Waals surface area (Å²) in [5.41, 5.74) is 5.69. The first-order valence-electron chi connectivity index (χ1n) is 10.4. The van der Waals surface area contributed by atoms with Crippen molar-refractivity contribution in [3.8, 4) is 5.75 Å². The molecule has 1 heterocycles. The van der Waals surface area contributed by atoms with E-state index in [0.29, 0.717) is 5.75 Å². The van der Waals surface area contributed by atoms with Crippen molar-refractivity contribution in [2.75, 3.05) is 18.0 Å². The highest BCUT2D eigenvalue weighted by atomic mass is 32.2. The predicted octanol–water partition coefficient (Wildman–Crippen LogP) is 5.20. The topological polar surface area (TPSA) is 52.6 Å². The second kappa shape index (κ2) is 9.02. The van der Waals surface area contributed by atoms with Crippen LogP contribution in [-0.2, 0) is 17.3 Å². The predicted molar refractivity (Wildman–Crippen MR) is 123 cm³/mol. The summed E-state index contributed by atoms with van der Waals surface area (Å²) < 4.78 is 13.1. The summed E-state index contributed by atoms with van der Waals surface area (Å²) in [4.78, 5) is 4.16. The monoisotopic (exact) mass is 420 g/mol. The zero-order valence-electron chi connectivity index (χ0n) is 17.5. The van der Waals surface area contributed by atoms with E-state index >= 15 is 0 Å². The van der Waals surface area contributed by atoms with Gasteiger partial charge in [0.05, 0.1) is 32.0 Å². The molecule has 0 saturated heterocycles. The second-order valence-electron chi connectivity index (χ2n) is 7.80. The van der Waals surface area contributed by atoms with Gasteiger partial charge in [-0.2, -0.15) is 0 Å². The first-order valence-corrected chi connectivity index (χ1v) is 11.6. The average molecular weight is 421 g/mol. The van der Waals surface area contributed by atoms with Crippen LogP contribution in [0.15, 0.2) is 70.5 Å². The smallest absolute Gasteiger partial charge is 0.115 e. The normalized spacial score (nSPS) is 15.0. The van der Waals surface area contributed by atoms with Crippen molar-refractivity contribution in [3.63, 3.8) is 0 Å². The molecule has 3 aromatic carbocycles. The van der Waals surface area contributed by atoms with Crippen LogP contribution in [0.3, 0.4) is 0 Å². The van der Waals surface area contributed by atoms with E-state index in [2.05, 4.69) is 36.2 Å². The van der Waals surface area contributed by atoms with Crippen LogP contribution in [0.25, 0.3) is 0 Å². The number of hydrogen-bond acceptors (Lipinski definition) is 4. The maximum Gasteiger partial charge on any atom is 0.115 e. The number of benzene rings is 3. The number of aryl methyl sites for hydroxylation is 1. The highest BCUT2D eigenvalue weighted by Crippen LogP contribution is 2.44. The van der Waals surface area contributed by atoms with Gasteiger partial charge in [-0.1, -0.05) is 30.3 Å². The Morgan fingerprint density at radius 2 is 1.80 bits per heavy atom. The van der Waals surface area contributed by atoms with Gasteiger partial charge in [-0.25, -0.2) is 4.21 Å². The molecule has 4 rings (SSSR count). The van der Waals surface area contributed by atoms with Crippen LogP contribution in [-0.4, -0.2) is 22.4 Å². The van der Waals surface area contributed by atoms with Crippen molar-refractivity contribution in [2.45, 2.75) is 43.0 Å². The van der Waals surface area contributed by atoms with E-state index in [1.165, 1.54) is 11.1 Å². The molecule has 1 aliphatic heterocycles. The Kier molecular flexibility index (Phi) is 6.21. The van der Waals surface area contributed by atoms with E-state index in [9.17, 15) is 9.32 Å². The summed E-state index contributed by atoms with van der Waals surface area (Å²) in [5, 5.41) is 13.0. The lowest BCUT2D eigenvalue weighted by atomic mass is 10.1. The standard InChI is InChI=1S/C25H28N2O2S/c1-18-12-13-24-25(19(18)2)27(22-10-3-4-11-23(22)30(24)29)15-6-5-14-26-17-20-8-7-9-21(28)16-20/h3-4,7-13,16,26,28H,5-6,14-15,17H2,1-2H3. The molecule has 0 aromatic heterocycles. The minimum absolute atomic E-state index is 0.305. The molecule has 4 nitrogen and oxygen atoms in total. The van der Waals surface area contributed by atoms with Crippen molar-refractivity contribution in [3.05, 3.63) is 77.4 Å². The summed E-state index contributed by atoms with van der Waals surface area (Å²) in [5.74, 6) is 0.305. The average Bonchev–Trinajstić information content (AvgIpc) is 2.75. The van der Waals surface area contributed by atoms with E-state index in [1.807, 2.05) is 36.4 Å². The van der Waals surface area contributed by atoms with Crippen LogP contribution in [0.5, 0.6) is 5.75 Å². The van der Waals surface area contributed by atoms with Gasteiger partial charge in [-0.05, 0) is 80.3 Å². The molecule has 0 bridgehead atoms. The third kappa shape index (κ3) is 4.13. The van der Waals surface area contributed by atoms with Crippen LogP contribution in [0, 0.1) is 13.8 Å². The first-order chi connectivity index (χ1) is 14.6. The molecule has 0 saturated carbocycles. The van der Waals surface area contributed by atoms with E-state index in [1.54, 1.807) is 12.1 Å². The fourth-order valence-corrected chi connectivity index (χ4v) is 5.43. The minimum atomic E-state index is -1.14. The third-order valence-electron chi connectivity index (χ3n) is 5.72. The van der Waals surface area contributed by atoms with E-state index in [-0.39, 0.29) is 0 Å². The van der Waals surface area contributed by atoms with Crippen LogP contribution >= 0.6 is 0 Å². The van der Waals surface area contributed by atoms with E-state index in [0.717, 1.165) is 59.2 Å². The Morgan fingerprint density at radius 3 is 2.63 bits per heavy atom. The number of phenolic OH excluding ortho intramolecular Hbond substituents is 1. The SMILES string of the molecule is Cc1ccc2c(c1C)N(CCCCNCc1cccc(O)c1)c1ccccc1S2=O. The molecule has 1 atom stereocenters. The summed E-state index contributed by atoms with van der Waals surface area (Å²) in [6.45, 7) is 6.79. The van der Waals surface area contributed by atoms with Crippen molar-refractivity contribution < 1.29 is 9.32 Å². The number of para-hydroxylation sites is 1. The fraction of sp³-hybridized carbons (Fsp3) is 0.280. The van der Waals surface area contributed by atoms with Gasteiger partial charge in [0.2, 0.25) is 0 Å². The molecule has 2 N–H and O–H groups in total. The molecule has 0 fully saturated rings. The molecular weight excluding hydrogens is 392 g/mol. The van der Waals surface area contributed by atoms with Gasteiger partial charge in [-0.15, -0.1) is 0 Å². The van der Waals surface area contributed by atoms with Gasteiger partial charge >= 0.3 is 0 Å². The number of aromatic hydroxyl groups is 1. The number of nitrogens with one attached hydrogen (secondary N) is 1. The zero-order chi connectivity index (χ0) is 21.1. The largest absolute Gasteiger partial charge is 0.508 e. The Balaban J connectivity index is 1.43. The number of phenols is 1. The number of rotatable bonds is 7. The number of unbranched alkanes of at least 4 members (excludes halogenated alkanes) is 1. The zero-order valence-corrected chi connectivity index (χ0v) is 18.3. The second-order valence-corrected chi connectivity index (χ2v) is 9.21. The number of nitrogens with zero attached hydrogens (tertiary/aromatic N) is 1. The Bertz CT molecular complexity index is 1080. The number of hydrogen-bond donors (Lipinski definition) is 2. The molecule has 0 amide bonds. The fourth-order valence-electron chi connectivity index (χ4n) is 3.99. The van der Waals surface area contributed by atoms with Crippen molar-refractivity contribution in [1.29, 1.82) is 0 Å².